The van der Waals surface area contributed by atoms with Gasteiger partial charge in [-0.15, -0.1) is 0 Å². The first-order valence-electron chi connectivity index (χ1n) is 9.95. The molecular weight excluding hydrogens is 446 g/mol. The first-order chi connectivity index (χ1) is 14.5. The van der Waals surface area contributed by atoms with Crippen LogP contribution in [0.2, 0.25) is 0 Å². The maximum atomic E-state index is 11.1. The normalized spacial score (nSPS) is 18.9. The molecule has 0 aliphatic carbocycles. The Bertz CT molecular complexity index is 1060. The number of rotatable bonds is 5. The molecule has 0 bridgehead atoms. The molecule has 2 aromatic heterocycles. The van der Waals surface area contributed by atoms with Crippen molar-refractivity contribution < 1.29 is 9.90 Å². The fourth-order valence-corrected chi connectivity index (χ4v) is 4.39. The second kappa shape index (κ2) is 8.87. The van der Waals surface area contributed by atoms with Crippen molar-refractivity contribution in [3.8, 4) is 0 Å². The monoisotopic (exact) mass is 469 g/mol. The van der Waals surface area contributed by atoms with E-state index >= 15 is 0 Å². The molecule has 0 radical (unpaired) electrons. The summed E-state index contributed by atoms with van der Waals surface area (Å²) in [7, 11) is 0. The first kappa shape index (κ1) is 20.4. The molecule has 1 aromatic carbocycles. The lowest BCUT2D eigenvalue weighted by Crippen LogP contribution is -2.50. The van der Waals surface area contributed by atoms with Gasteiger partial charge < -0.3 is 20.6 Å². The molecule has 30 heavy (non-hydrogen) atoms. The molecule has 4 rings (SSSR count). The van der Waals surface area contributed by atoms with E-state index in [1.807, 2.05) is 36.5 Å². The number of nitrogens with zero attached hydrogens (tertiary/aromatic N) is 3. The zero-order valence-electron chi connectivity index (χ0n) is 16.7. The Morgan fingerprint density at radius 1 is 1.27 bits per heavy atom. The Hall–Kier alpha value is -2.87. The average Bonchev–Trinajstić information content (AvgIpc) is 2.71. The van der Waals surface area contributed by atoms with E-state index in [0.29, 0.717) is 19.0 Å². The minimum atomic E-state index is -0.976. The third-order valence-corrected chi connectivity index (χ3v) is 5.79. The topological polar surface area (TPSA) is 90.4 Å². The summed E-state index contributed by atoms with van der Waals surface area (Å²) in [4.78, 5) is 22.3. The van der Waals surface area contributed by atoms with Crippen LogP contribution >= 0.6 is 15.9 Å². The van der Waals surface area contributed by atoms with Crippen LogP contribution in [0.4, 0.5) is 16.2 Å². The number of benzene rings is 1. The molecule has 1 aliphatic rings. The molecule has 1 aliphatic heterocycles. The Balaban J connectivity index is 1.51. The highest BCUT2D eigenvalue weighted by atomic mass is 79.9. The van der Waals surface area contributed by atoms with E-state index in [2.05, 4.69) is 49.4 Å². The van der Waals surface area contributed by atoms with Crippen molar-refractivity contribution in [3.63, 3.8) is 0 Å². The van der Waals surface area contributed by atoms with E-state index in [-0.39, 0.29) is 6.04 Å². The van der Waals surface area contributed by atoms with Crippen molar-refractivity contribution in [1.82, 2.24) is 15.3 Å². The van der Waals surface area contributed by atoms with Gasteiger partial charge in [-0.1, -0.05) is 35.0 Å². The smallest absolute Gasteiger partial charge is 0.404 e. The molecule has 3 heterocycles. The van der Waals surface area contributed by atoms with Gasteiger partial charge >= 0.3 is 6.09 Å². The zero-order chi connectivity index (χ0) is 21.1. The highest BCUT2D eigenvalue weighted by molar-refractivity contribution is 9.10. The molecule has 2 atom stereocenters. The van der Waals surface area contributed by atoms with Gasteiger partial charge in [0.25, 0.3) is 0 Å². The molecule has 0 saturated carbocycles. The third-order valence-electron chi connectivity index (χ3n) is 5.30. The molecule has 8 heteroatoms. The lowest BCUT2D eigenvalue weighted by atomic mass is 9.95. The van der Waals surface area contributed by atoms with Gasteiger partial charge in [-0.3, -0.25) is 9.97 Å². The van der Waals surface area contributed by atoms with Crippen molar-refractivity contribution in [2.24, 2.45) is 5.92 Å². The molecular formula is C22H24BrN5O2. The minimum absolute atomic E-state index is 0.0899. The van der Waals surface area contributed by atoms with E-state index < -0.39 is 6.09 Å². The van der Waals surface area contributed by atoms with Gasteiger partial charge in [0.1, 0.15) is 0 Å². The predicted molar refractivity (Wildman–Crippen MR) is 122 cm³/mol. The van der Waals surface area contributed by atoms with E-state index in [9.17, 15) is 4.79 Å². The highest BCUT2D eigenvalue weighted by Gasteiger charge is 2.27. The average molecular weight is 470 g/mol. The summed E-state index contributed by atoms with van der Waals surface area (Å²) >= 11 is 3.50. The summed E-state index contributed by atoms with van der Waals surface area (Å²) in [6, 6.07) is 12.0. The van der Waals surface area contributed by atoms with Crippen LogP contribution in [-0.2, 0) is 6.54 Å². The fraction of sp³-hybridized carbons (Fsp3) is 0.318. The van der Waals surface area contributed by atoms with Crippen LogP contribution in [0.15, 0.2) is 53.3 Å². The number of halogens is 1. The van der Waals surface area contributed by atoms with E-state index in [1.54, 1.807) is 6.20 Å². The Labute approximate surface area is 183 Å². The standard InChI is InChI=1S/C22H24BrN5O2/c1-14-8-18(27-22(29)30)13-28(12-14)21-6-7-24-11-20(21)25-10-17-5-3-15-2-4-16(23)9-19(15)26-17/h2-7,9,11,14,18,25,27H,8,10,12-13H2,1H3,(H,29,30)/t14-,18+/m1/s1. The quantitative estimate of drug-likeness (QED) is 0.509. The lowest BCUT2D eigenvalue weighted by Gasteiger charge is -2.38. The number of piperidine rings is 1. The van der Waals surface area contributed by atoms with Crippen LogP contribution in [0.5, 0.6) is 0 Å². The van der Waals surface area contributed by atoms with Gasteiger partial charge in [-0.25, -0.2) is 4.79 Å². The summed E-state index contributed by atoms with van der Waals surface area (Å²) in [5.41, 5.74) is 3.82. The zero-order valence-corrected chi connectivity index (χ0v) is 18.3. The summed E-state index contributed by atoms with van der Waals surface area (Å²) in [6.07, 6.45) is 3.45. The highest BCUT2D eigenvalue weighted by Crippen LogP contribution is 2.29. The van der Waals surface area contributed by atoms with Crippen molar-refractivity contribution in [2.75, 3.05) is 23.3 Å². The number of amides is 1. The molecule has 0 spiro atoms. The van der Waals surface area contributed by atoms with Gasteiger partial charge in [0.15, 0.2) is 0 Å². The molecule has 0 unspecified atom stereocenters. The number of pyridine rings is 2. The molecule has 1 saturated heterocycles. The largest absolute Gasteiger partial charge is 0.465 e. The number of aromatic nitrogens is 2. The Morgan fingerprint density at radius 2 is 2.10 bits per heavy atom. The molecule has 7 nitrogen and oxygen atoms in total. The Kier molecular flexibility index (Phi) is 6.03. The predicted octanol–water partition coefficient (Wildman–Crippen LogP) is 4.49. The molecule has 3 aromatic rings. The number of carbonyl (C=O) groups is 1. The van der Waals surface area contributed by atoms with Crippen LogP contribution in [-0.4, -0.2) is 40.3 Å². The van der Waals surface area contributed by atoms with Crippen molar-refractivity contribution in [3.05, 3.63) is 59.0 Å². The number of hydrogen-bond donors (Lipinski definition) is 3. The second-order valence-corrected chi connectivity index (χ2v) is 8.69. The molecule has 156 valence electrons. The third kappa shape index (κ3) is 4.81. The lowest BCUT2D eigenvalue weighted by molar-refractivity contribution is 0.186. The summed E-state index contributed by atoms with van der Waals surface area (Å²) in [5, 5.41) is 16.3. The van der Waals surface area contributed by atoms with Gasteiger partial charge in [0.2, 0.25) is 0 Å². The van der Waals surface area contributed by atoms with Gasteiger partial charge in [-0.05, 0) is 36.6 Å². The van der Waals surface area contributed by atoms with Crippen LogP contribution in [0.25, 0.3) is 10.9 Å². The molecule has 3 N–H and O–H groups in total. The fourth-order valence-electron chi connectivity index (χ4n) is 4.04. The van der Waals surface area contributed by atoms with Gasteiger partial charge in [0, 0.05) is 35.2 Å². The van der Waals surface area contributed by atoms with E-state index in [4.69, 9.17) is 10.1 Å². The van der Waals surface area contributed by atoms with Crippen LogP contribution in [0.1, 0.15) is 19.0 Å². The number of anilines is 2. The van der Waals surface area contributed by atoms with Crippen molar-refractivity contribution in [2.45, 2.75) is 25.9 Å². The van der Waals surface area contributed by atoms with Gasteiger partial charge in [0.05, 0.1) is 35.3 Å². The SMILES string of the molecule is C[C@@H]1C[C@H](NC(=O)O)CN(c2ccncc2NCc2ccc3ccc(Br)cc3n2)C1. The maximum absolute atomic E-state index is 11.1. The van der Waals surface area contributed by atoms with Gasteiger partial charge in [-0.2, -0.15) is 0 Å². The minimum Gasteiger partial charge on any atom is -0.465 e. The van der Waals surface area contributed by atoms with Crippen LogP contribution < -0.4 is 15.5 Å². The number of carboxylic acid groups (broad SMARTS) is 1. The van der Waals surface area contributed by atoms with Crippen molar-refractivity contribution in [1.29, 1.82) is 0 Å². The molecule has 1 fully saturated rings. The molecule has 1 amide bonds. The second-order valence-electron chi connectivity index (χ2n) is 7.78. The summed E-state index contributed by atoms with van der Waals surface area (Å²) in [6.45, 7) is 4.23. The number of nitrogens with one attached hydrogen (secondary N) is 2. The van der Waals surface area contributed by atoms with E-state index in [0.717, 1.165) is 45.4 Å². The number of hydrogen-bond acceptors (Lipinski definition) is 5. The van der Waals surface area contributed by atoms with Crippen LogP contribution in [0, 0.1) is 5.92 Å². The summed E-state index contributed by atoms with van der Waals surface area (Å²) in [5.74, 6) is 0.386. The first-order valence-corrected chi connectivity index (χ1v) is 10.7. The Morgan fingerprint density at radius 3 is 2.93 bits per heavy atom. The maximum Gasteiger partial charge on any atom is 0.404 e. The summed E-state index contributed by atoms with van der Waals surface area (Å²) < 4.78 is 1.01. The van der Waals surface area contributed by atoms with Crippen molar-refractivity contribution >= 4 is 44.3 Å². The van der Waals surface area contributed by atoms with Crippen LogP contribution in [0.3, 0.4) is 0 Å². The van der Waals surface area contributed by atoms with E-state index in [1.165, 1.54) is 0 Å². The number of fused-ring (bicyclic) bond motifs is 1.